The topological polar surface area (TPSA) is 41.3 Å². The molecule has 1 aliphatic heterocycles. The lowest BCUT2D eigenvalue weighted by Gasteiger charge is -2.37. The zero-order chi connectivity index (χ0) is 13.8. The molecule has 1 aliphatic rings. The Balaban J connectivity index is 2.09. The molecule has 0 bridgehead atoms. The minimum Gasteiger partial charge on any atom is -0.300 e. The average molecular weight is 348 g/mol. The number of rotatable bonds is 4. The molecule has 0 amide bonds. The van der Waals surface area contributed by atoms with Gasteiger partial charge in [0.05, 0.1) is 0 Å². The Labute approximate surface area is 126 Å². The molecule has 106 valence electrons. The van der Waals surface area contributed by atoms with Gasteiger partial charge in [-0.15, -0.1) is 0 Å². The van der Waals surface area contributed by atoms with E-state index in [1.54, 1.807) is 6.07 Å². The van der Waals surface area contributed by atoms with Crippen molar-refractivity contribution in [2.45, 2.75) is 18.5 Å². The monoisotopic (exact) mass is 347 g/mol. The summed E-state index contributed by atoms with van der Waals surface area (Å²) in [6.07, 6.45) is 0.725. The van der Waals surface area contributed by atoms with E-state index in [1.807, 2.05) is 17.8 Å². The van der Waals surface area contributed by atoms with Crippen LogP contribution in [0.3, 0.4) is 0 Å². The van der Waals surface area contributed by atoms with Crippen LogP contribution in [0.4, 0.5) is 4.39 Å². The molecule has 0 saturated carbocycles. The lowest BCUT2D eigenvalue weighted by Crippen LogP contribution is -2.55. The van der Waals surface area contributed by atoms with Gasteiger partial charge in [-0.25, -0.2) is 4.39 Å². The molecule has 3 nitrogen and oxygen atoms in total. The number of thioether (sulfide) groups is 1. The summed E-state index contributed by atoms with van der Waals surface area (Å²) in [7, 11) is 2.12. The Morgan fingerprint density at radius 2 is 2.37 bits per heavy atom. The number of nitrogens with one attached hydrogen (secondary N) is 1. The summed E-state index contributed by atoms with van der Waals surface area (Å²) >= 11 is 5.27. The molecule has 0 spiro atoms. The normalized spacial score (nSPS) is 22.4. The third kappa shape index (κ3) is 4.16. The summed E-state index contributed by atoms with van der Waals surface area (Å²) in [6, 6.07) is 5.50. The van der Waals surface area contributed by atoms with Crippen molar-refractivity contribution in [1.29, 1.82) is 0 Å². The van der Waals surface area contributed by atoms with Gasteiger partial charge < -0.3 is 4.90 Å². The molecule has 1 fully saturated rings. The van der Waals surface area contributed by atoms with E-state index in [-0.39, 0.29) is 11.9 Å². The second-order valence-electron chi connectivity index (χ2n) is 4.88. The van der Waals surface area contributed by atoms with E-state index in [4.69, 9.17) is 5.84 Å². The molecule has 0 aliphatic carbocycles. The highest BCUT2D eigenvalue weighted by atomic mass is 79.9. The van der Waals surface area contributed by atoms with Gasteiger partial charge in [-0.05, 0) is 37.2 Å². The maximum atomic E-state index is 13.4. The highest BCUT2D eigenvalue weighted by molar-refractivity contribution is 9.10. The fourth-order valence-electron chi connectivity index (χ4n) is 2.42. The van der Waals surface area contributed by atoms with E-state index >= 15 is 0 Å². The number of nitrogens with two attached hydrogens (primary N) is 1. The molecule has 1 heterocycles. The van der Waals surface area contributed by atoms with Crippen molar-refractivity contribution in [3.63, 3.8) is 0 Å². The van der Waals surface area contributed by atoms with E-state index in [9.17, 15) is 4.39 Å². The molecule has 2 rings (SSSR count). The molecular weight excluding hydrogens is 329 g/mol. The Bertz CT molecular complexity index is 412. The van der Waals surface area contributed by atoms with Crippen molar-refractivity contribution >= 4 is 27.7 Å². The van der Waals surface area contributed by atoms with Crippen LogP contribution in [0.2, 0.25) is 0 Å². The van der Waals surface area contributed by atoms with Gasteiger partial charge in [-0.2, -0.15) is 11.8 Å². The first kappa shape index (κ1) is 15.3. The number of hydrogen-bond acceptors (Lipinski definition) is 4. The summed E-state index contributed by atoms with van der Waals surface area (Å²) < 4.78 is 14.2. The fourth-order valence-corrected chi connectivity index (χ4v) is 4.24. The molecule has 0 aromatic heterocycles. The summed E-state index contributed by atoms with van der Waals surface area (Å²) in [5.74, 6) is 7.70. The molecule has 2 unspecified atom stereocenters. The highest BCUT2D eigenvalue weighted by Crippen LogP contribution is 2.21. The number of hydrogen-bond donors (Lipinski definition) is 2. The summed E-state index contributed by atoms with van der Waals surface area (Å²) in [4.78, 5) is 2.33. The minimum absolute atomic E-state index is 0.131. The fraction of sp³-hybridized carbons (Fsp3) is 0.538. The van der Waals surface area contributed by atoms with Crippen molar-refractivity contribution in [3.05, 3.63) is 34.1 Å². The van der Waals surface area contributed by atoms with Crippen LogP contribution in [0.15, 0.2) is 22.7 Å². The molecule has 0 radical (unpaired) electrons. The predicted octanol–water partition coefficient (Wildman–Crippen LogP) is 2.01. The first-order valence-electron chi connectivity index (χ1n) is 6.29. The van der Waals surface area contributed by atoms with Crippen molar-refractivity contribution in [2.75, 3.05) is 25.1 Å². The van der Waals surface area contributed by atoms with Crippen LogP contribution in [-0.2, 0) is 6.42 Å². The van der Waals surface area contributed by atoms with Gasteiger partial charge >= 0.3 is 0 Å². The standard InChI is InChI=1S/C13H19BrFN3S/c1-18-2-3-19-8-13(18)12(17-16)6-9-4-10(14)7-11(15)5-9/h4-5,7,12-13,17H,2-3,6,8,16H2,1H3. The van der Waals surface area contributed by atoms with Crippen LogP contribution in [0.5, 0.6) is 0 Å². The van der Waals surface area contributed by atoms with Crippen LogP contribution < -0.4 is 11.3 Å². The predicted molar refractivity (Wildman–Crippen MR) is 82.7 cm³/mol. The van der Waals surface area contributed by atoms with Crippen LogP contribution >= 0.6 is 27.7 Å². The quantitative estimate of drug-likeness (QED) is 0.645. The van der Waals surface area contributed by atoms with E-state index in [1.165, 1.54) is 6.07 Å². The SMILES string of the molecule is CN1CCSCC1C(Cc1cc(F)cc(Br)c1)NN. The van der Waals surface area contributed by atoms with Crippen LogP contribution in [0, 0.1) is 5.82 Å². The zero-order valence-electron chi connectivity index (χ0n) is 10.9. The maximum Gasteiger partial charge on any atom is 0.124 e. The van der Waals surface area contributed by atoms with Crippen molar-refractivity contribution in [2.24, 2.45) is 5.84 Å². The Hall–Kier alpha value is -0.140. The number of halogens is 2. The number of benzene rings is 1. The molecule has 1 aromatic rings. The third-order valence-electron chi connectivity index (χ3n) is 3.50. The molecule has 3 N–H and O–H groups in total. The first-order chi connectivity index (χ1) is 9.10. The average Bonchev–Trinajstić information content (AvgIpc) is 2.36. The first-order valence-corrected chi connectivity index (χ1v) is 8.24. The van der Waals surface area contributed by atoms with Crippen LogP contribution in [-0.4, -0.2) is 42.1 Å². The van der Waals surface area contributed by atoms with Gasteiger partial charge in [-0.1, -0.05) is 15.9 Å². The second-order valence-corrected chi connectivity index (χ2v) is 6.94. The number of hydrazine groups is 1. The van der Waals surface area contributed by atoms with Gasteiger partial charge in [0.2, 0.25) is 0 Å². The largest absolute Gasteiger partial charge is 0.300 e. The van der Waals surface area contributed by atoms with Crippen molar-refractivity contribution < 1.29 is 4.39 Å². The van der Waals surface area contributed by atoms with Gasteiger partial charge in [0.15, 0.2) is 0 Å². The van der Waals surface area contributed by atoms with E-state index in [0.717, 1.165) is 34.5 Å². The molecule has 6 heteroatoms. The van der Waals surface area contributed by atoms with Gasteiger partial charge in [-0.3, -0.25) is 11.3 Å². The lowest BCUT2D eigenvalue weighted by molar-refractivity contribution is 0.214. The smallest absolute Gasteiger partial charge is 0.124 e. The third-order valence-corrected chi connectivity index (χ3v) is 5.01. The maximum absolute atomic E-state index is 13.4. The number of nitrogens with zero attached hydrogens (tertiary/aromatic N) is 1. The van der Waals surface area contributed by atoms with E-state index in [2.05, 4.69) is 33.3 Å². The van der Waals surface area contributed by atoms with Crippen molar-refractivity contribution in [1.82, 2.24) is 10.3 Å². The zero-order valence-corrected chi connectivity index (χ0v) is 13.3. The van der Waals surface area contributed by atoms with Crippen molar-refractivity contribution in [3.8, 4) is 0 Å². The van der Waals surface area contributed by atoms with Crippen LogP contribution in [0.1, 0.15) is 5.56 Å². The number of likely N-dealkylation sites (N-methyl/N-ethyl adjacent to an activating group) is 1. The summed E-state index contributed by atoms with van der Waals surface area (Å²) in [5, 5.41) is 0. The summed E-state index contributed by atoms with van der Waals surface area (Å²) in [5.41, 5.74) is 3.85. The Morgan fingerprint density at radius 1 is 1.58 bits per heavy atom. The van der Waals surface area contributed by atoms with Crippen LogP contribution in [0.25, 0.3) is 0 Å². The Kier molecular flexibility index (Phi) is 5.65. The summed E-state index contributed by atoms with van der Waals surface area (Å²) in [6.45, 7) is 1.07. The second kappa shape index (κ2) is 7.04. The van der Waals surface area contributed by atoms with Gasteiger partial charge in [0.1, 0.15) is 5.82 Å². The highest BCUT2D eigenvalue weighted by Gasteiger charge is 2.27. The molecular formula is C13H19BrFN3S. The van der Waals surface area contributed by atoms with E-state index < -0.39 is 0 Å². The molecule has 19 heavy (non-hydrogen) atoms. The lowest BCUT2D eigenvalue weighted by atomic mass is 10.00. The van der Waals surface area contributed by atoms with E-state index in [0.29, 0.717) is 6.04 Å². The van der Waals surface area contributed by atoms with Gasteiger partial charge in [0.25, 0.3) is 0 Å². The molecule has 1 aromatic carbocycles. The molecule has 2 atom stereocenters. The van der Waals surface area contributed by atoms with Gasteiger partial charge in [0, 0.05) is 34.6 Å². The Morgan fingerprint density at radius 3 is 3.00 bits per heavy atom. The molecule has 1 saturated heterocycles. The minimum atomic E-state index is -0.216.